The summed E-state index contributed by atoms with van der Waals surface area (Å²) in [7, 11) is -4.53. The first-order valence-electron chi connectivity index (χ1n) is 22.3. The summed E-state index contributed by atoms with van der Waals surface area (Å²) in [6, 6.07) is 0. The van der Waals surface area contributed by atoms with E-state index < -0.39 is 45.8 Å². The summed E-state index contributed by atoms with van der Waals surface area (Å²) in [6.07, 6.45) is 49.1. The lowest BCUT2D eigenvalue weighted by molar-refractivity contribution is -0.154. The summed E-state index contributed by atoms with van der Waals surface area (Å²) in [5.41, 5.74) is 0. The number of unbranched alkanes of at least 4 members (excludes halogenated alkanes) is 18. The Bertz CT molecular complexity index is 1060. The molecular weight excluding hydrogens is 727 g/mol. The van der Waals surface area contributed by atoms with Gasteiger partial charge in [-0.2, -0.15) is 0 Å². The summed E-state index contributed by atoms with van der Waals surface area (Å²) in [5, 5.41) is 18.3. The molecule has 0 aromatic heterocycles. The van der Waals surface area contributed by atoms with Crippen LogP contribution >= 0.6 is 7.82 Å². The average Bonchev–Trinajstić information content (AvgIpc) is 3.19. The van der Waals surface area contributed by atoms with Crippen LogP contribution in [0.5, 0.6) is 0 Å². The summed E-state index contributed by atoms with van der Waals surface area (Å²) in [4.78, 5) is 22.6. The largest absolute Gasteiger partial charge is 0.472 e. The van der Waals surface area contributed by atoms with E-state index in [0.29, 0.717) is 13.0 Å². The van der Waals surface area contributed by atoms with Gasteiger partial charge >= 0.3 is 13.8 Å². The van der Waals surface area contributed by atoms with Gasteiger partial charge in [0, 0.05) is 13.0 Å². The van der Waals surface area contributed by atoms with E-state index in [1.807, 2.05) is 0 Å². The van der Waals surface area contributed by atoms with Crippen molar-refractivity contribution in [1.29, 1.82) is 0 Å². The van der Waals surface area contributed by atoms with Crippen molar-refractivity contribution in [3.8, 4) is 0 Å². The second-order valence-corrected chi connectivity index (χ2v) is 16.1. The van der Waals surface area contributed by atoms with Crippen molar-refractivity contribution in [2.75, 3.05) is 33.0 Å². The van der Waals surface area contributed by atoms with Gasteiger partial charge in [-0.15, -0.1) is 0 Å². The Morgan fingerprint density at radius 2 is 1.02 bits per heavy atom. The molecule has 9 nitrogen and oxygen atoms in total. The first kappa shape index (κ1) is 54.2. The molecule has 10 heteroatoms. The van der Waals surface area contributed by atoms with E-state index in [1.165, 1.54) is 96.3 Å². The van der Waals surface area contributed by atoms with Crippen LogP contribution in [0.25, 0.3) is 0 Å². The number of hydrogen-bond donors (Lipinski definition) is 3. The fourth-order valence-corrected chi connectivity index (χ4v) is 6.61. The zero-order chi connectivity index (χ0) is 41.1. The smallest absolute Gasteiger partial charge is 0.457 e. The molecule has 0 amide bonds. The van der Waals surface area contributed by atoms with E-state index in [1.54, 1.807) is 0 Å². The first-order chi connectivity index (χ1) is 27.3. The van der Waals surface area contributed by atoms with E-state index in [-0.39, 0.29) is 13.0 Å². The molecule has 0 aromatic carbocycles. The van der Waals surface area contributed by atoms with Gasteiger partial charge in [0.05, 0.1) is 26.4 Å². The molecule has 326 valence electrons. The zero-order valence-corrected chi connectivity index (χ0v) is 36.5. The Morgan fingerprint density at radius 3 is 1.55 bits per heavy atom. The van der Waals surface area contributed by atoms with Crippen LogP contribution < -0.4 is 0 Å². The van der Waals surface area contributed by atoms with Crippen molar-refractivity contribution >= 4 is 13.8 Å². The normalized spacial score (nSPS) is 14.6. The van der Waals surface area contributed by atoms with E-state index in [2.05, 4.69) is 74.6 Å². The van der Waals surface area contributed by atoms with Gasteiger partial charge in [-0.05, 0) is 70.6 Å². The number of aliphatic hydroxyl groups is 2. The van der Waals surface area contributed by atoms with Gasteiger partial charge in [0.1, 0.15) is 12.2 Å². The predicted octanol–water partition coefficient (Wildman–Crippen LogP) is 12.4. The molecule has 0 heterocycles. The van der Waals surface area contributed by atoms with Gasteiger partial charge in [0.2, 0.25) is 0 Å². The highest BCUT2D eigenvalue weighted by atomic mass is 31.2. The number of phosphoric ester groups is 1. The minimum absolute atomic E-state index is 0.00874. The maximum atomic E-state index is 12.6. The molecule has 0 radical (unpaired) electrons. The molecule has 0 saturated carbocycles. The standard InChI is InChI=1S/C46H83O9P/c1-3-5-7-9-11-13-15-17-19-20-21-22-23-24-25-26-28-30-32-34-36-38-46(49)55-45(43-54-56(50,51)53-41-44(48)40-47)42-52-39-37-35-33-31-29-27-18-16-14-12-10-8-6-4-2/h6,8,12,14,18,20-21,27,31,33,44-45,47-48H,3-5,7,9-11,13,15-17,19,22-26,28-30,32,34-43H2,1-2H3,(H,50,51)/b8-6-,14-12-,21-20-,27-18-,33-31-. The monoisotopic (exact) mass is 811 g/mol. The molecule has 0 aromatic rings. The van der Waals surface area contributed by atoms with Gasteiger partial charge < -0.3 is 24.6 Å². The van der Waals surface area contributed by atoms with E-state index in [0.717, 1.165) is 57.8 Å². The van der Waals surface area contributed by atoms with Gasteiger partial charge in [-0.3, -0.25) is 13.8 Å². The first-order valence-corrected chi connectivity index (χ1v) is 23.8. The van der Waals surface area contributed by atoms with Gasteiger partial charge in [0.15, 0.2) is 0 Å². The number of aliphatic hydroxyl groups excluding tert-OH is 2. The SMILES string of the molecule is CC/C=C\C/C=C\C/C=C\C/C=C\CCCOCC(COP(=O)(O)OCC(O)CO)OC(=O)CCCCCCCCCCC/C=C\CCCCCCCCCC. The van der Waals surface area contributed by atoms with Gasteiger partial charge in [-0.1, -0.05) is 164 Å². The van der Waals surface area contributed by atoms with Gasteiger partial charge in [0.25, 0.3) is 0 Å². The highest BCUT2D eigenvalue weighted by molar-refractivity contribution is 7.47. The Balaban J connectivity index is 4.19. The number of allylic oxidation sites excluding steroid dienone is 10. The van der Waals surface area contributed by atoms with Crippen LogP contribution in [0.4, 0.5) is 0 Å². The maximum absolute atomic E-state index is 12.6. The van der Waals surface area contributed by atoms with E-state index >= 15 is 0 Å². The maximum Gasteiger partial charge on any atom is 0.472 e. The number of ether oxygens (including phenoxy) is 2. The third kappa shape index (κ3) is 41.8. The third-order valence-electron chi connectivity index (χ3n) is 9.19. The van der Waals surface area contributed by atoms with Crippen molar-refractivity contribution in [2.24, 2.45) is 0 Å². The second-order valence-electron chi connectivity index (χ2n) is 14.7. The lowest BCUT2D eigenvalue weighted by Gasteiger charge is -2.20. The molecule has 0 spiro atoms. The Morgan fingerprint density at radius 1 is 0.571 bits per heavy atom. The molecule has 0 bridgehead atoms. The number of hydrogen-bond acceptors (Lipinski definition) is 8. The van der Waals surface area contributed by atoms with Crippen LogP contribution in [-0.4, -0.2) is 66.3 Å². The van der Waals surface area contributed by atoms with E-state index in [9.17, 15) is 19.4 Å². The van der Waals surface area contributed by atoms with Crippen molar-refractivity contribution in [3.05, 3.63) is 60.8 Å². The van der Waals surface area contributed by atoms with Crippen molar-refractivity contribution < 1.29 is 43.0 Å². The predicted molar refractivity (Wildman–Crippen MR) is 233 cm³/mol. The van der Waals surface area contributed by atoms with Crippen LogP contribution in [0.1, 0.15) is 181 Å². The Labute approximate surface area is 342 Å². The molecule has 0 rings (SSSR count). The molecule has 56 heavy (non-hydrogen) atoms. The molecular formula is C46H83O9P. The minimum Gasteiger partial charge on any atom is -0.457 e. The van der Waals surface area contributed by atoms with Crippen molar-refractivity contribution in [2.45, 2.75) is 193 Å². The van der Waals surface area contributed by atoms with Crippen molar-refractivity contribution in [3.63, 3.8) is 0 Å². The molecule has 3 N–H and O–H groups in total. The molecule has 0 aliphatic carbocycles. The van der Waals surface area contributed by atoms with Crippen LogP contribution in [-0.2, 0) is 27.9 Å². The third-order valence-corrected chi connectivity index (χ3v) is 10.1. The summed E-state index contributed by atoms with van der Waals surface area (Å²) in [5.74, 6) is -0.404. The fourth-order valence-electron chi connectivity index (χ4n) is 5.82. The van der Waals surface area contributed by atoms with Crippen LogP contribution in [0.2, 0.25) is 0 Å². The number of carbonyl (C=O) groups is 1. The Hall–Kier alpha value is -1.84. The quantitative estimate of drug-likeness (QED) is 0.0239. The van der Waals surface area contributed by atoms with E-state index in [4.69, 9.17) is 23.6 Å². The number of esters is 1. The number of phosphoric acid groups is 1. The highest BCUT2D eigenvalue weighted by Crippen LogP contribution is 2.43. The lowest BCUT2D eigenvalue weighted by Crippen LogP contribution is -2.29. The second kappa shape index (κ2) is 42.8. The molecule has 3 atom stereocenters. The Kier molecular flexibility index (Phi) is 41.4. The fraction of sp³-hybridized carbons (Fsp3) is 0.761. The number of rotatable bonds is 42. The van der Waals surface area contributed by atoms with Crippen LogP contribution in [0.3, 0.4) is 0 Å². The summed E-state index contributed by atoms with van der Waals surface area (Å²) < 4.78 is 33.3. The molecule has 0 aliphatic rings. The lowest BCUT2D eigenvalue weighted by atomic mass is 10.1. The van der Waals surface area contributed by atoms with Gasteiger partial charge in [-0.25, -0.2) is 4.57 Å². The highest BCUT2D eigenvalue weighted by Gasteiger charge is 2.26. The number of carbonyl (C=O) groups excluding carboxylic acids is 1. The molecule has 3 unspecified atom stereocenters. The molecule has 0 saturated heterocycles. The van der Waals surface area contributed by atoms with Crippen LogP contribution in [0, 0.1) is 0 Å². The average molecular weight is 811 g/mol. The minimum atomic E-state index is -4.53. The van der Waals surface area contributed by atoms with Crippen LogP contribution in [0.15, 0.2) is 60.8 Å². The molecule has 0 fully saturated rings. The summed E-state index contributed by atoms with van der Waals surface area (Å²) in [6.45, 7) is 3.25. The zero-order valence-electron chi connectivity index (χ0n) is 35.6. The summed E-state index contributed by atoms with van der Waals surface area (Å²) >= 11 is 0. The topological polar surface area (TPSA) is 132 Å². The molecule has 0 aliphatic heterocycles. The van der Waals surface area contributed by atoms with Crippen molar-refractivity contribution in [1.82, 2.24) is 0 Å².